The Morgan fingerprint density at radius 1 is 1.26 bits per heavy atom. The molecule has 0 atom stereocenters. The molecule has 1 aromatic heterocycles. The van der Waals surface area contributed by atoms with Gasteiger partial charge in [-0.1, -0.05) is 64.6 Å². The van der Waals surface area contributed by atoms with Gasteiger partial charge in [-0.15, -0.1) is 10.2 Å². The number of hydrogen-bond acceptors (Lipinski definition) is 5. The molecule has 1 N–H and O–H groups in total. The van der Waals surface area contributed by atoms with E-state index in [1.54, 1.807) is 18.2 Å². The Hall–Kier alpha value is -2.27. The lowest BCUT2D eigenvalue weighted by molar-refractivity contribution is 0.420. The van der Waals surface area contributed by atoms with Gasteiger partial charge < -0.3 is 9.52 Å². The number of nitrogens with zero attached hydrogens (tertiary/aromatic N) is 2. The molecule has 2 rings (SSSR count). The molecule has 0 fully saturated rings. The summed E-state index contributed by atoms with van der Waals surface area (Å²) in [7, 11) is 0. The molecule has 0 aliphatic rings. The third kappa shape index (κ3) is 5.36. The predicted molar refractivity (Wildman–Crippen MR) is 115 cm³/mol. The topological polar surface area (TPSA) is 59.2 Å². The third-order valence-electron chi connectivity index (χ3n) is 4.20. The van der Waals surface area contributed by atoms with Crippen LogP contribution < -0.4 is 0 Å². The smallest absolute Gasteiger partial charge is 0.251 e. The monoisotopic (exact) mass is 384 g/mol. The molecular weight excluding hydrogens is 356 g/mol. The Morgan fingerprint density at radius 3 is 2.52 bits per heavy atom. The van der Waals surface area contributed by atoms with Crippen LogP contribution in [0.3, 0.4) is 0 Å². The zero-order valence-corrected chi connectivity index (χ0v) is 17.5. The van der Waals surface area contributed by atoms with Crippen molar-refractivity contribution in [2.75, 3.05) is 0 Å². The molecule has 0 saturated carbocycles. The summed E-state index contributed by atoms with van der Waals surface area (Å²) in [6.07, 6.45) is 8.07. The van der Waals surface area contributed by atoms with E-state index in [1.807, 2.05) is 31.2 Å². The molecule has 2 aromatic rings. The fourth-order valence-corrected chi connectivity index (χ4v) is 3.67. The maximum atomic E-state index is 10.6. The largest absolute Gasteiger partial charge is 0.507 e. The number of thiol groups is 1. The Bertz CT molecular complexity index is 871. The van der Waals surface area contributed by atoms with E-state index < -0.39 is 0 Å². The minimum atomic E-state index is -0.132. The lowest BCUT2D eigenvalue weighted by Gasteiger charge is -2.32. The lowest BCUT2D eigenvalue weighted by Crippen LogP contribution is -2.27. The van der Waals surface area contributed by atoms with Crippen LogP contribution in [0.2, 0.25) is 0 Å². The van der Waals surface area contributed by atoms with E-state index in [1.165, 1.54) is 0 Å². The number of aromatic nitrogens is 2. The Kier molecular flexibility index (Phi) is 6.37. The minimum Gasteiger partial charge on any atom is -0.507 e. The second-order valence-electron chi connectivity index (χ2n) is 7.88. The van der Waals surface area contributed by atoms with Crippen LogP contribution in [0.15, 0.2) is 53.5 Å². The molecule has 0 saturated heterocycles. The fourth-order valence-electron chi connectivity index (χ4n) is 3.27. The summed E-state index contributed by atoms with van der Waals surface area (Å²) in [5.74, 6) is 0.775. The molecule has 0 aliphatic heterocycles. The average molecular weight is 385 g/mol. The van der Waals surface area contributed by atoms with Crippen molar-refractivity contribution in [3.05, 3.63) is 60.5 Å². The molecule has 27 heavy (non-hydrogen) atoms. The first-order chi connectivity index (χ1) is 12.6. The van der Waals surface area contributed by atoms with Gasteiger partial charge >= 0.3 is 0 Å². The normalized spacial score (nSPS) is 13.3. The molecule has 1 heterocycles. The van der Waals surface area contributed by atoms with Crippen LogP contribution in [0.4, 0.5) is 0 Å². The molecule has 1 aromatic carbocycles. The zero-order valence-electron chi connectivity index (χ0n) is 16.7. The first kappa shape index (κ1) is 21.0. The van der Waals surface area contributed by atoms with Crippen molar-refractivity contribution in [3.63, 3.8) is 0 Å². The summed E-state index contributed by atoms with van der Waals surface area (Å²) in [5.41, 5.74) is 2.18. The van der Waals surface area contributed by atoms with Gasteiger partial charge in [0.25, 0.3) is 5.89 Å². The molecule has 4 nitrogen and oxygen atoms in total. The molecule has 0 spiro atoms. The maximum absolute atomic E-state index is 10.6. The molecule has 0 unspecified atom stereocenters. The van der Waals surface area contributed by atoms with Crippen molar-refractivity contribution in [2.45, 2.75) is 51.2 Å². The van der Waals surface area contributed by atoms with Crippen LogP contribution in [-0.4, -0.2) is 20.1 Å². The standard InChI is InChI=1S/C22H28N2O2S/c1-7-9-15(10-8-2)19-23-24-20(26-19)17-12-11-16(13-18(17)25)21(3,4)14-22(5,6)27/h7-13,25,27H,1,14H2,2-6H3/b10-8-,15-9+. The van der Waals surface area contributed by atoms with Gasteiger partial charge in [0.1, 0.15) is 5.75 Å². The number of aromatic hydroxyl groups is 1. The van der Waals surface area contributed by atoms with Gasteiger partial charge in [0.15, 0.2) is 0 Å². The zero-order chi connectivity index (χ0) is 20.2. The van der Waals surface area contributed by atoms with Crippen molar-refractivity contribution in [1.29, 1.82) is 0 Å². The summed E-state index contributed by atoms with van der Waals surface area (Å²) in [5, 5.41) is 18.7. The van der Waals surface area contributed by atoms with Gasteiger partial charge in [0.05, 0.1) is 5.56 Å². The highest BCUT2D eigenvalue weighted by Gasteiger charge is 2.29. The number of hydrogen-bond donors (Lipinski definition) is 2. The molecule has 0 bridgehead atoms. The summed E-state index contributed by atoms with van der Waals surface area (Å²) in [6.45, 7) is 14.1. The highest BCUT2D eigenvalue weighted by molar-refractivity contribution is 7.81. The number of phenolic OH excluding ortho intramolecular Hbond substituents is 1. The number of phenols is 1. The van der Waals surface area contributed by atoms with Crippen molar-refractivity contribution in [1.82, 2.24) is 10.2 Å². The van der Waals surface area contributed by atoms with E-state index in [-0.39, 0.29) is 21.8 Å². The van der Waals surface area contributed by atoms with E-state index in [9.17, 15) is 5.11 Å². The summed E-state index contributed by atoms with van der Waals surface area (Å²) >= 11 is 4.64. The molecule has 5 heteroatoms. The number of benzene rings is 1. The quantitative estimate of drug-likeness (QED) is 0.456. The van der Waals surface area contributed by atoms with Gasteiger partial charge in [0, 0.05) is 10.3 Å². The van der Waals surface area contributed by atoms with E-state index >= 15 is 0 Å². The van der Waals surface area contributed by atoms with Gasteiger partial charge in [-0.25, -0.2) is 0 Å². The minimum absolute atomic E-state index is 0.111. The van der Waals surface area contributed by atoms with Crippen molar-refractivity contribution >= 4 is 18.2 Å². The maximum Gasteiger partial charge on any atom is 0.251 e. The Balaban J connectivity index is 2.37. The van der Waals surface area contributed by atoms with E-state index in [2.05, 4.69) is 57.1 Å². The molecule has 0 radical (unpaired) electrons. The molecular formula is C22H28N2O2S. The van der Waals surface area contributed by atoms with Gasteiger partial charge in [-0.3, -0.25) is 0 Å². The van der Waals surface area contributed by atoms with Crippen LogP contribution in [0.1, 0.15) is 52.5 Å². The lowest BCUT2D eigenvalue weighted by atomic mass is 9.77. The third-order valence-corrected chi connectivity index (χ3v) is 4.36. The van der Waals surface area contributed by atoms with Crippen LogP contribution in [0.25, 0.3) is 17.0 Å². The van der Waals surface area contributed by atoms with Gasteiger partial charge in [0.2, 0.25) is 5.89 Å². The Labute approximate surface area is 167 Å². The van der Waals surface area contributed by atoms with Gasteiger partial charge in [-0.2, -0.15) is 12.6 Å². The average Bonchev–Trinajstić information content (AvgIpc) is 3.02. The molecule has 0 amide bonds. The van der Waals surface area contributed by atoms with E-state index in [0.29, 0.717) is 11.5 Å². The van der Waals surface area contributed by atoms with Crippen LogP contribution in [0, 0.1) is 0 Å². The van der Waals surface area contributed by atoms with Crippen molar-refractivity contribution in [3.8, 4) is 17.2 Å². The van der Waals surface area contributed by atoms with E-state index in [4.69, 9.17) is 4.42 Å². The van der Waals surface area contributed by atoms with Crippen LogP contribution in [0.5, 0.6) is 5.75 Å². The first-order valence-corrected chi connectivity index (χ1v) is 9.37. The molecule has 144 valence electrons. The van der Waals surface area contributed by atoms with Crippen molar-refractivity contribution in [2.24, 2.45) is 0 Å². The number of rotatable bonds is 7. The fraction of sp³-hybridized carbons (Fsp3) is 0.364. The summed E-state index contributed by atoms with van der Waals surface area (Å²) < 4.78 is 5.65. The SMILES string of the molecule is C=C/C=C(\C=C/C)c1nnc(-c2ccc(C(C)(C)CC(C)(C)S)cc2O)o1. The highest BCUT2D eigenvalue weighted by Crippen LogP contribution is 2.39. The first-order valence-electron chi connectivity index (χ1n) is 8.93. The number of allylic oxidation sites excluding steroid dienone is 5. The summed E-state index contributed by atoms with van der Waals surface area (Å²) in [4.78, 5) is 0. The molecule has 0 aliphatic carbocycles. The van der Waals surface area contributed by atoms with E-state index in [0.717, 1.165) is 17.6 Å². The van der Waals surface area contributed by atoms with Crippen LogP contribution >= 0.6 is 12.6 Å². The predicted octanol–water partition coefficient (Wildman–Crippen LogP) is 5.96. The summed E-state index contributed by atoms with van der Waals surface area (Å²) in [6, 6.07) is 5.58. The Morgan fingerprint density at radius 2 is 1.96 bits per heavy atom. The second-order valence-corrected chi connectivity index (χ2v) is 9.09. The highest BCUT2D eigenvalue weighted by atomic mass is 32.1. The van der Waals surface area contributed by atoms with Crippen LogP contribution in [-0.2, 0) is 5.41 Å². The van der Waals surface area contributed by atoms with Crippen molar-refractivity contribution < 1.29 is 9.52 Å². The van der Waals surface area contributed by atoms with Gasteiger partial charge in [-0.05, 0) is 36.5 Å². The second kappa shape index (κ2) is 8.17.